The highest BCUT2D eigenvalue weighted by Gasteiger charge is 1.99. The Morgan fingerprint density at radius 2 is 1.68 bits per heavy atom. The van der Waals surface area contributed by atoms with E-state index in [1.54, 1.807) is 0 Å². The van der Waals surface area contributed by atoms with Crippen LogP contribution >= 0.6 is 0 Å². The molecule has 0 aliphatic heterocycles. The normalized spacial score (nSPS) is 10.6. The Hall–Kier alpha value is -1.35. The third-order valence-electron chi connectivity index (χ3n) is 3.88. The molecule has 22 heavy (non-hydrogen) atoms. The molecule has 0 radical (unpaired) electrons. The number of ether oxygens (including phenoxy) is 1. The van der Waals surface area contributed by atoms with E-state index in [9.17, 15) is 4.79 Å². The molecule has 0 spiro atoms. The summed E-state index contributed by atoms with van der Waals surface area (Å²) in [4.78, 5) is 11.0. The van der Waals surface area contributed by atoms with Gasteiger partial charge in [-0.2, -0.15) is 0 Å². The number of benzene rings is 1. The Labute approximate surface area is 135 Å². The zero-order valence-corrected chi connectivity index (χ0v) is 14.2. The molecule has 0 unspecified atom stereocenters. The van der Waals surface area contributed by atoms with Crippen molar-refractivity contribution < 1.29 is 9.53 Å². The molecule has 1 aromatic carbocycles. The first-order valence-electron chi connectivity index (χ1n) is 8.61. The molecule has 124 valence electrons. The highest BCUT2D eigenvalue weighted by molar-refractivity contribution is 5.68. The number of methoxy groups -OCH3 is 1. The maximum atomic E-state index is 11.0. The summed E-state index contributed by atoms with van der Waals surface area (Å²) in [6.07, 6.45) is 8.63. The Bertz CT molecular complexity index is 400. The summed E-state index contributed by atoms with van der Waals surface area (Å²) < 4.78 is 4.62. The lowest BCUT2D eigenvalue weighted by molar-refractivity contribution is -0.140. The third kappa shape index (κ3) is 8.83. The monoisotopic (exact) mass is 305 g/mol. The largest absolute Gasteiger partial charge is 0.469 e. The van der Waals surface area contributed by atoms with Gasteiger partial charge in [0, 0.05) is 13.0 Å². The Morgan fingerprint density at radius 1 is 1.00 bits per heavy atom. The lowest BCUT2D eigenvalue weighted by Gasteiger charge is -2.06. The van der Waals surface area contributed by atoms with Gasteiger partial charge in [0.2, 0.25) is 0 Å². The SMILES string of the molecule is CCCCc1ccc(CNCCCCCCC(=O)OC)cc1. The van der Waals surface area contributed by atoms with Crippen molar-refractivity contribution in [2.24, 2.45) is 0 Å². The van der Waals surface area contributed by atoms with Gasteiger partial charge in [-0.15, -0.1) is 0 Å². The smallest absolute Gasteiger partial charge is 0.305 e. The second-order valence-corrected chi connectivity index (χ2v) is 5.84. The molecule has 0 saturated heterocycles. The predicted molar refractivity (Wildman–Crippen MR) is 91.9 cm³/mol. The summed E-state index contributed by atoms with van der Waals surface area (Å²) in [6, 6.07) is 8.96. The first-order chi connectivity index (χ1) is 10.8. The lowest BCUT2D eigenvalue weighted by Crippen LogP contribution is -2.14. The maximum Gasteiger partial charge on any atom is 0.305 e. The van der Waals surface area contributed by atoms with Gasteiger partial charge in [0.25, 0.3) is 0 Å². The molecule has 0 saturated carbocycles. The summed E-state index contributed by atoms with van der Waals surface area (Å²) in [5, 5.41) is 3.48. The van der Waals surface area contributed by atoms with Crippen LogP contribution in [0.4, 0.5) is 0 Å². The zero-order chi connectivity index (χ0) is 16.0. The number of nitrogens with one attached hydrogen (secondary N) is 1. The van der Waals surface area contributed by atoms with Crippen molar-refractivity contribution >= 4 is 5.97 Å². The van der Waals surface area contributed by atoms with Crippen molar-refractivity contribution in [3.05, 3.63) is 35.4 Å². The molecule has 0 fully saturated rings. The number of rotatable bonds is 12. The van der Waals surface area contributed by atoms with Crippen molar-refractivity contribution in [2.45, 2.75) is 64.8 Å². The molecular weight excluding hydrogens is 274 g/mol. The van der Waals surface area contributed by atoms with E-state index in [0.717, 1.165) is 32.4 Å². The first-order valence-corrected chi connectivity index (χ1v) is 8.61. The summed E-state index contributed by atoms with van der Waals surface area (Å²) in [5.74, 6) is -0.0968. The second-order valence-electron chi connectivity index (χ2n) is 5.84. The van der Waals surface area contributed by atoms with E-state index in [4.69, 9.17) is 0 Å². The number of hydrogen-bond donors (Lipinski definition) is 1. The molecule has 0 heterocycles. The molecule has 0 aliphatic carbocycles. The van der Waals surface area contributed by atoms with Gasteiger partial charge in [-0.1, -0.05) is 50.5 Å². The fourth-order valence-electron chi connectivity index (χ4n) is 2.41. The van der Waals surface area contributed by atoms with E-state index >= 15 is 0 Å². The molecule has 0 bridgehead atoms. The predicted octanol–water partition coefficient (Wildman–Crippen LogP) is 4.24. The van der Waals surface area contributed by atoms with Crippen molar-refractivity contribution in [3.8, 4) is 0 Å². The quantitative estimate of drug-likeness (QED) is 0.463. The van der Waals surface area contributed by atoms with Gasteiger partial charge >= 0.3 is 5.97 Å². The topological polar surface area (TPSA) is 38.3 Å². The van der Waals surface area contributed by atoms with Crippen molar-refractivity contribution in [2.75, 3.05) is 13.7 Å². The van der Waals surface area contributed by atoms with E-state index in [0.29, 0.717) is 6.42 Å². The van der Waals surface area contributed by atoms with Crippen LogP contribution in [0.25, 0.3) is 0 Å². The zero-order valence-electron chi connectivity index (χ0n) is 14.2. The molecule has 1 N–H and O–H groups in total. The Balaban J connectivity index is 2.01. The number of carbonyl (C=O) groups excluding carboxylic acids is 1. The standard InChI is InChI=1S/C19H31NO2/c1-3-4-9-17-11-13-18(14-12-17)16-20-15-8-6-5-7-10-19(21)22-2/h11-14,20H,3-10,15-16H2,1-2H3. The van der Waals surface area contributed by atoms with Crippen LogP contribution in [0.1, 0.15) is 63.0 Å². The van der Waals surface area contributed by atoms with E-state index in [-0.39, 0.29) is 5.97 Å². The molecular formula is C19H31NO2. The second kappa shape index (κ2) is 12.2. The fourth-order valence-corrected chi connectivity index (χ4v) is 2.41. The van der Waals surface area contributed by atoms with Gasteiger partial charge in [0.15, 0.2) is 0 Å². The molecule has 0 atom stereocenters. The molecule has 1 aromatic rings. The van der Waals surface area contributed by atoms with Gasteiger partial charge < -0.3 is 10.1 Å². The van der Waals surface area contributed by atoms with Crippen molar-refractivity contribution in [1.29, 1.82) is 0 Å². The number of esters is 1. The van der Waals surface area contributed by atoms with Gasteiger partial charge in [0.05, 0.1) is 7.11 Å². The van der Waals surface area contributed by atoms with E-state index in [1.165, 1.54) is 43.9 Å². The average molecular weight is 305 g/mol. The van der Waals surface area contributed by atoms with Crippen LogP contribution in [0, 0.1) is 0 Å². The summed E-state index contributed by atoms with van der Waals surface area (Å²) in [6.45, 7) is 4.21. The molecule has 3 nitrogen and oxygen atoms in total. The molecule has 1 rings (SSSR count). The lowest BCUT2D eigenvalue weighted by atomic mass is 10.1. The van der Waals surface area contributed by atoms with Crippen LogP contribution in [0.2, 0.25) is 0 Å². The van der Waals surface area contributed by atoms with Crippen LogP contribution in [0.15, 0.2) is 24.3 Å². The first kappa shape index (κ1) is 18.7. The van der Waals surface area contributed by atoms with Gasteiger partial charge in [-0.05, 0) is 43.4 Å². The minimum atomic E-state index is -0.0968. The minimum absolute atomic E-state index is 0.0968. The van der Waals surface area contributed by atoms with Gasteiger partial charge in [0.1, 0.15) is 0 Å². The summed E-state index contributed by atoms with van der Waals surface area (Å²) in [7, 11) is 1.45. The highest BCUT2D eigenvalue weighted by atomic mass is 16.5. The average Bonchev–Trinajstić information content (AvgIpc) is 2.56. The number of carbonyl (C=O) groups is 1. The highest BCUT2D eigenvalue weighted by Crippen LogP contribution is 2.08. The van der Waals surface area contributed by atoms with E-state index in [1.807, 2.05) is 0 Å². The third-order valence-corrected chi connectivity index (χ3v) is 3.88. The van der Waals surface area contributed by atoms with E-state index in [2.05, 4.69) is 41.2 Å². The summed E-state index contributed by atoms with van der Waals surface area (Å²) >= 11 is 0. The van der Waals surface area contributed by atoms with E-state index < -0.39 is 0 Å². The van der Waals surface area contributed by atoms with Crippen molar-refractivity contribution in [1.82, 2.24) is 5.32 Å². The molecule has 0 aliphatic rings. The minimum Gasteiger partial charge on any atom is -0.469 e. The van der Waals surface area contributed by atoms with Crippen LogP contribution in [-0.2, 0) is 22.5 Å². The Kier molecular flexibility index (Phi) is 10.4. The Morgan fingerprint density at radius 3 is 2.36 bits per heavy atom. The molecule has 3 heteroatoms. The maximum absolute atomic E-state index is 11.0. The molecule has 0 amide bonds. The van der Waals surface area contributed by atoms with Crippen molar-refractivity contribution in [3.63, 3.8) is 0 Å². The van der Waals surface area contributed by atoms with Crippen LogP contribution < -0.4 is 5.32 Å². The van der Waals surface area contributed by atoms with Crippen LogP contribution in [-0.4, -0.2) is 19.6 Å². The summed E-state index contributed by atoms with van der Waals surface area (Å²) in [5.41, 5.74) is 2.79. The van der Waals surface area contributed by atoms with Crippen LogP contribution in [0.5, 0.6) is 0 Å². The number of unbranched alkanes of at least 4 members (excludes halogenated alkanes) is 4. The fraction of sp³-hybridized carbons (Fsp3) is 0.632. The van der Waals surface area contributed by atoms with Crippen LogP contribution in [0.3, 0.4) is 0 Å². The molecule has 0 aromatic heterocycles. The van der Waals surface area contributed by atoms with Gasteiger partial charge in [-0.25, -0.2) is 0 Å². The number of aryl methyl sites for hydroxylation is 1. The van der Waals surface area contributed by atoms with Gasteiger partial charge in [-0.3, -0.25) is 4.79 Å². The number of hydrogen-bond acceptors (Lipinski definition) is 3.